The van der Waals surface area contributed by atoms with E-state index in [9.17, 15) is 4.39 Å². The summed E-state index contributed by atoms with van der Waals surface area (Å²) in [5.74, 6) is -0.203. The SMILES string of the molecule is Fc1ccc(Br)cc1CNOC1CCCC1. The molecule has 1 aromatic carbocycles. The van der Waals surface area contributed by atoms with Gasteiger partial charge in [-0.05, 0) is 31.0 Å². The van der Waals surface area contributed by atoms with Crippen molar-refractivity contribution >= 4 is 15.9 Å². The second-order valence-corrected chi connectivity index (χ2v) is 5.00. The molecular formula is C12H15BrFNO. The van der Waals surface area contributed by atoms with Gasteiger partial charge in [0.15, 0.2) is 0 Å². The van der Waals surface area contributed by atoms with Crippen LogP contribution in [0.15, 0.2) is 22.7 Å². The normalized spacial score (nSPS) is 16.9. The van der Waals surface area contributed by atoms with Crippen LogP contribution in [0, 0.1) is 5.82 Å². The van der Waals surface area contributed by atoms with Gasteiger partial charge in [0.25, 0.3) is 0 Å². The van der Waals surface area contributed by atoms with Gasteiger partial charge in [-0.3, -0.25) is 4.84 Å². The standard InChI is InChI=1S/C12H15BrFNO/c13-10-5-6-12(14)9(7-10)8-15-16-11-3-1-2-4-11/h5-7,11,15H,1-4,8H2. The molecule has 0 atom stereocenters. The zero-order chi connectivity index (χ0) is 11.4. The highest BCUT2D eigenvalue weighted by Gasteiger charge is 2.15. The number of benzene rings is 1. The Morgan fingerprint density at radius 2 is 2.12 bits per heavy atom. The minimum Gasteiger partial charge on any atom is -0.298 e. The predicted molar refractivity (Wildman–Crippen MR) is 64.3 cm³/mol. The summed E-state index contributed by atoms with van der Waals surface area (Å²) in [6, 6.07) is 4.91. The maximum atomic E-state index is 13.4. The van der Waals surface area contributed by atoms with E-state index in [1.807, 2.05) is 0 Å². The van der Waals surface area contributed by atoms with Crippen molar-refractivity contribution in [2.75, 3.05) is 0 Å². The molecule has 1 aliphatic rings. The number of rotatable bonds is 4. The van der Waals surface area contributed by atoms with E-state index < -0.39 is 0 Å². The molecule has 0 bridgehead atoms. The van der Waals surface area contributed by atoms with Crippen molar-refractivity contribution in [3.05, 3.63) is 34.1 Å². The predicted octanol–water partition coefficient (Wildman–Crippen LogP) is 3.55. The Labute approximate surface area is 103 Å². The molecule has 1 aliphatic carbocycles. The molecule has 88 valence electrons. The fraction of sp³-hybridized carbons (Fsp3) is 0.500. The van der Waals surface area contributed by atoms with Gasteiger partial charge in [0.2, 0.25) is 0 Å². The first-order chi connectivity index (χ1) is 7.75. The number of hydroxylamine groups is 1. The lowest BCUT2D eigenvalue weighted by atomic mass is 10.2. The third-order valence-electron chi connectivity index (χ3n) is 2.82. The monoisotopic (exact) mass is 287 g/mol. The minimum absolute atomic E-state index is 0.203. The summed E-state index contributed by atoms with van der Waals surface area (Å²) in [5.41, 5.74) is 3.47. The van der Waals surface area contributed by atoms with Crippen LogP contribution in [0.4, 0.5) is 4.39 Å². The number of hydrogen-bond acceptors (Lipinski definition) is 2. The smallest absolute Gasteiger partial charge is 0.127 e. The Morgan fingerprint density at radius 3 is 2.88 bits per heavy atom. The van der Waals surface area contributed by atoms with Crippen LogP contribution in [0.25, 0.3) is 0 Å². The first-order valence-corrected chi connectivity index (χ1v) is 6.37. The van der Waals surface area contributed by atoms with E-state index in [0.29, 0.717) is 18.2 Å². The molecule has 0 aliphatic heterocycles. The van der Waals surface area contributed by atoms with Crippen molar-refractivity contribution in [3.8, 4) is 0 Å². The zero-order valence-electron chi connectivity index (χ0n) is 9.01. The van der Waals surface area contributed by atoms with Gasteiger partial charge in [0, 0.05) is 16.6 Å². The topological polar surface area (TPSA) is 21.3 Å². The van der Waals surface area contributed by atoms with Gasteiger partial charge in [-0.15, -0.1) is 0 Å². The highest BCUT2D eigenvalue weighted by atomic mass is 79.9. The van der Waals surface area contributed by atoms with Gasteiger partial charge in [-0.1, -0.05) is 28.8 Å². The first-order valence-electron chi connectivity index (χ1n) is 5.58. The summed E-state index contributed by atoms with van der Waals surface area (Å²) in [6.45, 7) is 0.405. The first kappa shape index (κ1) is 12.0. The molecule has 1 saturated carbocycles. The molecule has 1 fully saturated rings. The second-order valence-electron chi connectivity index (χ2n) is 4.08. The van der Waals surface area contributed by atoms with Crippen LogP contribution in [0.2, 0.25) is 0 Å². The second kappa shape index (κ2) is 5.75. The molecule has 1 N–H and O–H groups in total. The fourth-order valence-electron chi connectivity index (χ4n) is 1.92. The Morgan fingerprint density at radius 1 is 1.38 bits per heavy atom. The molecule has 0 unspecified atom stereocenters. The molecule has 0 amide bonds. The van der Waals surface area contributed by atoms with Gasteiger partial charge in [-0.25, -0.2) is 4.39 Å². The van der Waals surface area contributed by atoms with Crippen molar-refractivity contribution < 1.29 is 9.23 Å². The van der Waals surface area contributed by atoms with Gasteiger partial charge in [0.1, 0.15) is 5.82 Å². The van der Waals surface area contributed by atoms with E-state index in [0.717, 1.165) is 17.3 Å². The van der Waals surface area contributed by atoms with E-state index in [1.54, 1.807) is 12.1 Å². The van der Waals surface area contributed by atoms with Crippen molar-refractivity contribution in [1.29, 1.82) is 0 Å². The number of nitrogens with one attached hydrogen (secondary N) is 1. The van der Waals surface area contributed by atoms with E-state index in [-0.39, 0.29) is 5.82 Å². The van der Waals surface area contributed by atoms with Gasteiger partial charge >= 0.3 is 0 Å². The molecule has 16 heavy (non-hydrogen) atoms. The third-order valence-corrected chi connectivity index (χ3v) is 3.32. The van der Waals surface area contributed by atoms with E-state index >= 15 is 0 Å². The summed E-state index contributed by atoms with van der Waals surface area (Å²) >= 11 is 3.32. The number of halogens is 2. The van der Waals surface area contributed by atoms with Crippen LogP contribution in [0.3, 0.4) is 0 Å². The van der Waals surface area contributed by atoms with Crippen molar-refractivity contribution in [1.82, 2.24) is 5.48 Å². The largest absolute Gasteiger partial charge is 0.298 e. The van der Waals surface area contributed by atoms with E-state index in [2.05, 4.69) is 21.4 Å². The molecule has 1 aromatic rings. The molecule has 2 rings (SSSR count). The Balaban J connectivity index is 1.82. The highest BCUT2D eigenvalue weighted by Crippen LogP contribution is 2.20. The molecule has 0 heterocycles. The molecular weight excluding hydrogens is 273 g/mol. The Bertz CT molecular complexity index is 353. The minimum atomic E-state index is -0.203. The average Bonchev–Trinajstić information content (AvgIpc) is 2.76. The Hall–Kier alpha value is -0.450. The summed E-state index contributed by atoms with van der Waals surface area (Å²) in [7, 11) is 0. The van der Waals surface area contributed by atoms with Crippen LogP contribution in [-0.4, -0.2) is 6.10 Å². The van der Waals surface area contributed by atoms with Crippen LogP contribution >= 0.6 is 15.9 Å². The summed E-state index contributed by atoms with van der Waals surface area (Å²) in [5, 5.41) is 0. The maximum absolute atomic E-state index is 13.4. The van der Waals surface area contributed by atoms with Gasteiger partial charge in [0.05, 0.1) is 6.10 Å². The summed E-state index contributed by atoms with van der Waals surface area (Å²) in [6.07, 6.45) is 4.98. The van der Waals surface area contributed by atoms with Gasteiger partial charge in [-0.2, -0.15) is 5.48 Å². The molecule has 0 spiro atoms. The van der Waals surface area contributed by atoms with Crippen LogP contribution in [-0.2, 0) is 11.4 Å². The maximum Gasteiger partial charge on any atom is 0.127 e. The van der Waals surface area contributed by atoms with Crippen LogP contribution in [0.1, 0.15) is 31.2 Å². The summed E-state index contributed by atoms with van der Waals surface area (Å²) in [4.78, 5) is 5.47. The lowest BCUT2D eigenvalue weighted by Gasteiger charge is -2.12. The lowest BCUT2D eigenvalue weighted by molar-refractivity contribution is -0.0248. The summed E-state index contributed by atoms with van der Waals surface area (Å²) < 4.78 is 14.2. The Kier molecular flexibility index (Phi) is 4.32. The van der Waals surface area contributed by atoms with Crippen molar-refractivity contribution in [2.24, 2.45) is 0 Å². The quantitative estimate of drug-likeness (QED) is 0.855. The van der Waals surface area contributed by atoms with Crippen molar-refractivity contribution in [3.63, 3.8) is 0 Å². The van der Waals surface area contributed by atoms with E-state index in [4.69, 9.17) is 4.84 Å². The molecule has 0 saturated heterocycles. The van der Waals surface area contributed by atoms with E-state index in [1.165, 1.54) is 18.9 Å². The fourth-order valence-corrected chi connectivity index (χ4v) is 2.33. The number of hydrogen-bond donors (Lipinski definition) is 1. The molecule has 0 aromatic heterocycles. The molecule has 0 radical (unpaired) electrons. The van der Waals surface area contributed by atoms with Gasteiger partial charge < -0.3 is 0 Å². The highest BCUT2D eigenvalue weighted by molar-refractivity contribution is 9.10. The van der Waals surface area contributed by atoms with Crippen LogP contribution in [0.5, 0.6) is 0 Å². The molecule has 4 heteroatoms. The average molecular weight is 288 g/mol. The molecule has 2 nitrogen and oxygen atoms in total. The zero-order valence-corrected chi connectivity index (χ0v) is 10.6. The van der Waals surface area contributed by atoms with Crippen LogP contribution < -0.4 is 5.48 Å². The lowest BCUT2D eigenvalue weighted by Crippen LogP contribution is -2.21. The van der Waals surface area contributed by atoms with Crippen molar-refractivity contribution in [2.45, 2.75) is 38.3 Å². The third kappa shape index (κ3) is 3.27.